The van der Waals surface area contributed by atoms with E-state index in [9.17, 15) is 0 Å². The lowest BCUT2D eigenvalue weighted by atomic mass is 9.79. The van der Waals surface area contributed by atoms with Crippen LogP contribution in [0.1, 0.15) is 32.8 Å². The Morgan fingerprint density at radius 2 is 1.70 bits per heavy atom. The number of hydrogen-bond donors (Lipinski definition) is 2. The second-order valence-electron chi connectivity index (χ2n) is 6.46. The number of halogens is 1. The van der Waals surface area contributed by atoms with E-state index in [2.05, 4.69) is 55.7 Å². The zero-order chi connectivity index (χ0) is 16.9. The molecule has 0 amide bonds. The van der Waals surface area contributed by atoms with E-state index in [0.29, 0.717) is 10.1 Å². The molecule has 0 spiro atoms. The monoisotopic (exact) mass is 346 g/mol. The van der Waals surface area contributed by atoms with Crippen molar-refractivity contribution in [3.8, 4) is 0 Å². The van der Waals surface area contributed by atoms with E-state index < -0.39 is 0 Å². The summed E-state index contributed by atoms with van der Waals surface area (Å²) in [5, 5.41) is 7.89. The van der Waals surface area contributed by atoms with Crippen LogP contribution in [0, 0.1) is 0 Å². The van der Waals surface area contributed by atoms with Crippen LogP contribution in [0.15, 0.2) is 54.6 Å². The lowest BCUT2D eigenvalue weighted by molar-refractivity contribution is 0.420. The molecule has 0 aliphatic heterocycles. The molecule has 0 heterocycles. The van der Waals surface area contributed by atoms with Crippen molar-refractivity contribution in [3.63, 3.8) is 0 Å². The van der Waals surface area contributed by atoms with Crippen LogP contribution >= 0.6 is 23.8 Å². The molecule has 0 saturated heterocycles. The lowest BCUT2D eigenvalue weighted by Crippen LogP contribution is -2.39. The molecule has 2 N–H and O–H groups in total. The number of benzene rings is 2. The van der Waals surface area contributed by atoms with Crippen molar-refractivity contribution in [1.29, 1.82) is 0 Å². The second kappa shape index (κ2) is 7.80. The summed E-state index contributed by atoms with van der Waals surface area (Å²) < 4.78 is 0. The average Bonchev–Trinajstić information content (AvgIpc) is 2.49. The molecule has 2 aromatic rings. The third-order valence-corrected chi connectivity index (χ3v) is 4.32. The highest BCUT2D eigenvalue weighted by atomic mass is 35.5. The molecule has 0 radical (unpaired) electrons. The van der Waals surface area contributed by atoms with Crippen LogP contribution in [0.3, 0.4) is 0 Å². The molecule has 2 aromatic carbocycles. The average molecular weight is 347 g/mol. The zero-order valence-electron chi connectivity index (χ0n) is 13.8. The minimum atomic E-state index is 0.0869. The summed E-state index contributed by atoms with van der Waals surface area (Å²) >= 11 is 11.3. The van der Waals surface area contributed by atoms with Crippen LogP contribution < -0.4 is 10.6 Å². The molecule has 23 heavy (non-hydrogen) atoms. The van der Waals surface area contributed by atoms with Crippen molar-refractivity contribution in [2.24, 2.45) is 0 Å². The summed E-state index contributed by atoms with van der Waals surface area (Å²) in [6.45, 7) is 6.67. The van der Waals surface area contributed by atoms with Gasteiger partial charge in [0.2, 0.25) is 0 Å². The van der Waals surface area contributed by atoms with Crippen molar-refractivity contribution >= 4 is 34.6 Å². The van der Waals surface area contributed by atoms with Crippen molar-refractivity contribution in [3.05, 3.63) is 65.2 Å². The predicted octanol–water partition coefficient (Wildman–Crippen LogP) is 5.38. The third-order valence-electron chi connectivity index (χ3n) is 3.85. The molecule has 2 rings (SSSR count). The molecule has 122 valence electrons. The Kier molecular flexibility index (Phi) is 6.03. The predicted molar refractivity (Wildman–Crippen MR) is 104 cm³/mol. The fraction of sp³-hybridized carbons (Fsp3) is 0.316. The van der Waals surface area contributed by atoms with E-state index in [1.165, 1.54) is 5.56 Å². The van der Waals surface area contributed by atoms with Crippen LogP contribution in [-0.4, -0.2) is 11.2 Å². The first-order valence-electron chi connectivity index (χ1n) is 7.75. The quantitative estimate of drug-likeness (QED) is 0.710. The first-order valence-corrected chi connectivity index (χ1v) is 8.54. The van der Waals surface area contributed by atoms with Crippen LogP contribution in [0.2, 0.25) is 5.02 Å². The number of hydrogen-bond acceptors (Lipinski definition) is 1. The van der Waals surface area contributed by atoms with Crippen molar-refractivity contribution in [2.45, 2.75) is 38.6 Å². The van der Waals surface area contributed by atoms with Gasteiger partial charge in [-0.1, -0.05) is 55.8 Å². The van der Waals surface area contributed by atoms with Gasteiger partial charge in [-0.15, -0.1) is 0 Å². The topological polar surface area (TPSA) is 24.1 Å². The van der Waals surface area contributed by atoms with E-state index in [1.807, 2.05) is 30.3 Å². The van der Waals surface area contributed by atoms with Gasteiger partial charge in [-0.05, 0) is 60.8 Å². The van der Waals surface area contributed by atoms with E-state index in [1.54, 1.807) is 0 Å². The molecule has 0 unspecified atom stereocenters. The fourth-order valence-electron chi connectivity index (χ4n) is 2.75. The van der Waals surface area contributed by atoms with Gasteiger partial charge in [-0.3, -0.25) is 0 Å². The van der Waals surface area contributed by atoms with Gasteiger partial charge in [-0.2, -0.15) is 0 Å². The van der Waals surface area contributed by atoms with Gasteiger partial charge in [0.1, 0.15) is 0 Å². The Balaban J connectivity index is 1.89. The van der Waals surface area contributed by atoms with Crippen LogP contribution in [0.25, 0.3) is 0 Å². The number of nitrogens with one attached hydrogen (secondary N) is 2. The maximum absolute atomic E-state index is 5.89. The first-order chi connectivity index (χ1) is 10.9. The summed E-state index contributed by atoms with van der Waals surface area (Å²) in [7, 11) is 0. The molecule has 4 heteroatoms. The standard InChI is InChI=1S/C19H23ClN2S/c1-14(13-19(2,3)15-7-5-4-6-8-15)21-18(23)22-17-11-9-16(20)10-12-17/h4-12,14H,13H2,1-3H3,(H2,21,22,23)/t14-/m0/s1. The summed E-state index contributed by atoms with van der Waals surface area (Å²) in [4.78, 5) is 0. The second-order valence-corrected chi connectivity index (χ2v) is 7.31. The summed E-state index contributed by atoms with van der Waals surface area (Å²) in [5.41, 5.74) is 2.36. The van der Waals surface area contributed by atoms with Gasteiger partial charge in [-0.25, -0.2) is 0 Å². The van der Waals surface area contributed by atoms with Gasteiger partial charge in [0, 0.05) is 16.8 Å². The molecular formula is C19H23ClN2S. The SMILES string of the molecule is C[C@@H](CC(C)(C)c1ccccc1)NC(=S)Nc1ccc(Cl)cc1. The van der Waals surface area contributed by atoms with Crippen LogP contribution in [-0.2, 0) is 5.41 Å². The minimum Gasteiger partial charge on any atom is -0.360 e. The largest absolute Gasteiger partial charge is 0.360 e. The zero-order valence-corrected chi connectivity index (χ0v) is 15.3. The number of rotatable bonds is 5. The molecule has 0 bridgehead atoms. The molecule has 0 fully saturated rings. The summed E-state index contributed by atoms with van der Waals surface area (Å²) in [6.07, 6.45) is 0.986. The summed E-state index contributed by atoms with van der Waals surface area (Å²) in [6, 6.07) is 18.3. The fourth-order valence-corrected chi connectivity index (χ4v) is 3.19. The van der Waals surface area contributed by atoms with E-state index in [0.717, 1.165) is 12.1 Å². The summed E-state index contributed by atoms with van der Waals surface area (Å²) in [5.74, 6) is 0. The molecule has 0 aromatic heterocycles. The molecule has 2 nitrogen and oxygen atoms in total. The number of thiocarbonyl (C=S) groups is 1. The molecular weight excluding hydrogens is 324 g/mol. The van der Waals surface area contributed by atoms with E-state index in [4.69, 9.17) is 23.8 Å². The minimum absolute atomic E-state index is 0.0869. The van der Waals surface area contributed by atoms with Crippen molar-refractivity contribution in [1.82, 2.24) is 5.32 Å². The van der Waals surface area contributed by atoms with Gasteiger partial charge in [0.15, 0.2) is 5.11 Å². The maximum atomic E-state index is 5.89. The Bertz CT molecular complexity index is 638. The Hall–Kier alpha value is -1.58. The van der Waals surface area contributed by atoms with Crippen LogP contribution in [0.4, 0.5) is 5.69 Å². The lowest BCUT2D eigenvalue weighted by Gasteiger charge is -2.29. The number of anilines is 1. The smallest absolute Gasteiger partial charge is 0.170 e. The molecule has 0 aliphatic carbocycles. The van der Waals surface area contributed by atoms with Gasteiger partial charge >= 0.3 is 0 Å². The van der Waals surface area contributed by atoms with E-state index in [-0.39, 0.29) is 11.5 Å². The third kappa shape index (κ3) is 5.52. The Morgan fingerprint density at radius 1 is 1.09 bits per heavy atom. The normalized spacial score (nSPS) is 12.5. The maximum Gasteiger partial charge on any atom is 0.170 e. The molecule has 1 atom stereocenters. The van der Waals surface area contributed by atoms with Gasteiger partial charge in [0.05, 0.1) is 0 Å². The highest BCUT2D eigenvalue weighted by Crippen LogP contribution is 2.28. The van der Waals surface area contributed by atoms with Crippen molar-refractivity contribution in [2.75, 3.05) is 5.32 Å². The van der Waals surface area contributed by atoms with Gasteiger partial charge in [0.25, 0.3) is 0 Å². The van der Waals surface area contributed by atoms with Crippen LogP contribution in [0.5, 0.6) is 0 Å². The Morgan fingerprint density at radius 3 is 2.30 bits per heavy atom. The Labute approximate surface area is 149 Å². The highest BCUT2D eigenvalue weighted by Gasteiger charge is 2.23. The molecule has 0 saturated carbocycles. The molecule has 0 aliphatic rings. The van der Waals surface area contributed by atoms with Gasteiger partial charge < -0.3 is 10.6 Å². The highest BCUT2D eigenvalue weighted by molar-refractivity contribution is 7.80. The van der Waals surface area contributed by atoms with Crippen molar-refractivity contribution < 1.29 is 0 Å². The first kappa shape index (κ1) is 17.8. The van der Waals surface area contributed by atoms with E-state index >= 15 is 0 Å².